The van der Waals surface area contributed by atoms with Gasteiger partial charge < -0.3 is 19.5 Å². The molecule has 1 aliphatic heterocycles. The van der Waals surface area contributed by atoms with Crippen molar-refractivity contribution in [3.05, 3.63) is 35.7 Å². The van der Waals surface area contributed by atoms with Crippen LogP contribution in [-0.4, -0.2) is 42.4 Å². The molecule has 1 amide bonds. The molecular formula is C16H16N4O3S. The second-order valence-corrected chi connectivity index (χ2v) is 6.56. The predicted octanol–water partition coefficient (Wildman–Crippen LogP) is 2.68. The van der Waals surface area contributed by atoms with E-state index in [2.05, 4.69) is 20.4 Å². The molecule has 0 unspecified atom stereocenters. The molecule has 7 nitrogen and oxygen atoms in total. The van der Waals surface area contributed by atoms with Crippen LogP contribution in [0.15, 0.2) is 28.8 Å². The number of aromatic nitrogens is 2. The molecular weight excluding hydrogens is 328 g/mol. The number of carbonyl (C=O) groups excluding carboxylic acids is 1. The third kappa shape index (κ3) is 2.98. The van der Waals surface area contributed by atoms with Gasteiger partial charge in [0.1, 0.15) is 5.76 Å². The predicted molar refractivity (Wildman–Crippen MR) is 91.8 cm³/mol. The average molecular weight is 344 g/mol. The zero-order chi connectivity index (χ0) is 16.5. The van der Waals surface area contributed by atoms with Crippen LogP contribution >= 0.6 is 11.3 Å². The molecule has 0 spiro atoms. The SMILES string of the molecule is Cc1cc(C(=O)Nc2ccc3nc(N4CCOCC4)sc3c2)no1. The lowest BCUT2D eigenvalue weighted by atomic mass is 10.3. The Hall–Kier alpha value is -2.45. The molecule has 2 aromatic heterocycles. The van der Waals surface area contributed by atoms with E-state index in [1.54, 1.807) is 24.3 Å². The van der Waals surface area contributed by atoms with Gasteiger partial charge in [-0.15, -0.1) is 0 Å². The van der Waals surface area contributed by atoms with Gasteiger partial charge in [0.2, 0.25) is 0 Å². The molecule has 0 bridgehead atoms. The number of anilines is 2. The molecule has 0 atom stereocenters. The number of hydrogen-bond acceptors (Lipinski definition) is 7. The summed E-state index contributed by atoms with van der Waals surface area (Å²) >= 11 is 1.62. The lowest BCUT2D eigenvalue weighted by molar-refractivity contribution is 0.101. The Morgan fingerprint density at radius 2 is 2.12 bits per heavy atom. The van der Waals surface area contributed by atoms with Gasteiger partial charge in [0.25, 0.3) is 5.91 Å². The molecule has 24 heavy (non-hydrogen) atoms. The van der Waals surface area contributed by atoms with Crippen LogP contribution in [0.4, 0.5) is 10.8 Å². The summed E-state index contributed by atoms with van der Waals surface area (Å²) in [6.45, 7) is 4.92. The summed E-state index contributed by atoms with van der Waals surface area (Å²) in [5, 5.41) is 7.55. The fourth-order valence-corrected chi connectivity index (χ4v) is 3.61. The van der Waals surface area contributed by atoms with Crippen molar-refractivity contribution < 1.29 is 14.1 Å². The molecule has 1 aliphatic rings. The maximum atomic E-state index is 12.1. The molecule has 3 heterocycles. The number of fused-ring (bicyclic) bond motifs is 1. The van der Waals surface area contributed by atoms with Crippen LogP contribution in [0.25, 0.3) is 10.2 Å². The number of rotatable bonds is 3. The molecule has 0 saturated carbocycles. The monoisotopic (exact) mass is 344 g/mol. The summed E-state index contributed by atoms with van der Waals surface area (Å²) in [7, 11) is 0. The largest absolute Gasteiger partial charge is 0.378 e. The van der Waals surface area contributed by atoms with Gasteiger partial charge in [-0.25, -0.2) is 4.98 Å². The van der Waals surface area contributed by atoms with Gasteiger partial charge in [0.15, 0.2) is 10.8 Å². The first-order valence-corrected chi connectivity index (χ1v) is 8.49. The Morgan fingerprint density at radius 3 is 2.88 bits per heavy atom. The normalized spacial score (nSPS) is 15.0. The van der Waals surface area contributed by atoms with Crippen molar-refractivity contribution in [1.82, 2.24) is 10.1 Å². The molecule has 3 aromatic rings. The highest BCUT2D eigenvalue weighted by atomic mass is 32.1. The molecule has 124 valence electrons. The van der Waals surface area contributed by atoms with E-state index in [4.69, 9.17) is 9.26 Å². The lowest BCUT2D eigenvalue weighted by Crippen LogP contribution is -2.36. The molecule has 1 fully saturated rings. The van der Waals surface area contributed by atoms with E-state index in [0.717, 1.165) is 41.7 Å². The van der Waals surface area contributed by atoms with Gasteiger partial charge in [0, 0.05) is 24.8 Å². The minimum atomic E-state index is -0.288. The van der Waals surface area contributed by atoms with E-state index in [0.29, 0.717) is 11.4 Å². The van der Waals surface area contributed by atoms with Crippen molar-refractivity contribution in [3.8, 4) is 0 Å². The Kier molecular flexibility index (Phi) is 3.91. The number of aryl methyl sites for hydroxylation is 1. The van der Waals surface area contributed by atoms with E-state index < -0.39 is 0 Å². The molecule has 4 rings (SSSR count). The third-order valence-corrected chi connectivity index (χ3v) is 4.86. The van der Waals surface area contributed by atoms with Gasteiger partial charge in [-0.3, -0.25) is 4.79 Å². The maximum absolute atomic E-state index is 12.1. The molecule has 0 aliphatic carbocycles. The molecule has 1 N–H and O–H groups in total. The second-order valence-electron chi connectivity index (χ2n) is 5.56. The number of benzene rings is 1. The van der Waals surface area contributed by atoms with Gasteiger partial charge in [0.05, 0.1) is 23.4 Å². The molecule has 8 heteroatoms. The van der Waals surface area contributed by atoms with Crippen LogP contribution in [0.2, 0.25) is 0 Å². The Balaban J connectivity index is 1.55. The van der Waals surface area contributed by atoms with Crippen molar-refractivity contribution in [2.24, 2.45) is 0 Å². The number of nitrogens with one attached hydrogen (secondary N) is 1. The molecule has 1 saturated heterocycles. The highest BCUT2D eigenvalue weighted by Gasteiger charge is 2.16. The number of carbonyl (C=O) groups is 1. The van der Waals surface area contributed by atoms with E-state index in [-0.39, 0.29) is 11.6 Å². The van der Waals surface area contributed by atoms with Crippen LogP contribution in [-0.2, 0) is 4.74 Å². The van der Waals surface area contributed by atoms with Gasteiger partial charge in [-0.1, -0.05) is 16.5 Å². The van der Waals surface area contributed by atoms with E-state index in [1.807, 2.05) is 18.2 Å². The Labute approximate surface area is 142 Å². The maximum Gasteiger partial charge on any atom is 0.277 e. The summed E-state index contributed by atoms with van der Waals surface area (Å²) < 4.78 is 11.3. The smallest absolute Gasteiger partial charge is 0.277 e. The molecule has 1 aromatic carbocycles. The zero-order valence-electron chi connectivity index (χ0n) is 13.1. The van der Waals surface area contributed by atoms with Crippen LogP contribution in [0.3, 0.4) is 0 Å². The van der Waals surface area contributed by atoms with E-state index in [9.17, 15) is 4.79 Å². The number of morpholine rings is 1. The van der Waals surface area contributed by atoms with E-state index >= 15 is 0 Å². The average Bonchev–Trinajstić information content (AvgIpc) is 3.21. The fraction of sp³-hybridized carbons (Fsp3) is 0.312. The summed E-state index contributed by atoms with van der Waals surface area (Å²) in [5.74, 6) is 0.317. The van der Waals surface area contributed by atoms with Crippen LogP contribution in [0, 0.1) is 6.92 Å². The number of nitrogens with zero attached hydrogens (tertiary/aromatic N) is 3. The van der Waals surface area contributed by atoms with Crippen molar-refractivity contribution in [2.75, 3.05) is 36.5 Å². The summed E-state index contributed by atoms with van der Waals surface area (Å²) in [5.41, 5.74) is 1.91. The highest BCUT2D eigenvalue weighted by molar-refractivity contribution is 7.22. The zero-order valence-corrected chi connectivity index (χ0v) is 13.9. The summed E-state index contributed by atoms with van der Waals surface area (Å²) in [4.78, 5) is 19.0. The van der Waals surface area contributed by atoms with Crippen molar-refractivity contribution in [3.63, 3.8) is 0 Å². The standard InChI is InChI=1S/C16H16N4O3S/c1-10-8-13(19-23-10)15(21)17-11-2-3-12-14(9-11)24-16(18-12)20-4-6-22-7-5-20/h2-3,8-9H,4-7H2,1H3,(H,17,21). The number of amides is 1. The first-order chi connectivity index (χ1) is 11.7. The lowest BCUT2D eigenvalue weighted by Gasteiger charge is -2.25. The van der Waals surface area contributed by atoms with Crippen LogP contribution in [0.5, 0.6) is 0 Å². The van der Waals surface area contributed by atoms with Gasteiger partial charge in [-0.05, 0) is 25.1 Å². The Bertz CT molecular complexity index is 882. The van der Waals surface area contributed by atoms with Crippen molar-refractivity contribution >= 4 is 38.3 Å². The Morgan fingerprint density at radius 1 is 1.29 bits per heavy atom. The third-order valence-electron chi connectivity index (χ3n) is 3.78. The van der Waals surface area contributed by atoms with Gasteiger partial charge >= 0.3 is 0 Å². The number of ether oxygens (including phenoxy) is 1. The second kappa shape index (κ2) is 6.21. The van der Waals surface area contributed by atoms with E-state index in [1.165, 1.54) is 0 Å². The topological polar surface area (TPSA) is 80.5 Å². The molecule has 0 radical (unpaired) electrons. The van der Waals surface area contributed by atoms with Crippen LogP contribution < -0.4 is 10.2 Å². The first-order valence-electron chi connectivity index (χ1n) is 7.67. The van der Waals surface area contributed by atoms with Crippen molar-refractivity contribution in [1.29, 1.82) is 0 Å². The quantitative estimate of drug-likeness (QED) is 0.787. The fourth-order valence-electron chi connectivity index (χ4n) is 2.55. The van der Waals surface area contributed by atoms with Crippen LogP contribution in [0.1, 0.15) is 16.2 Å². The van der Waals surface area contributed by atoms with Crippen molar-refractivity contribution in [2.45, 2.75) is 6.92 Å². The summed E-state index contributed by atoms with van der Waals surface area (Å²) in [6, 6.07) is 7.30. The number of hydrogen-bond donors (Lipinski definition) is 1. The van der Waals surface area contributed by atoms with Gasteiger partial charge in [-0.2, -0.15) is 0 Å². The minimum Gasteiger partial charge on any atom is -0.378 e. The highest BCUT2D eigenvalue weighted by Crippen LogP contribution is 2.31. The first kappa shape index (κ1) is 15.1. The summed E-state index contributed by atoms with van der Waals surface area (Å²) in [6.07, 6.45) is 0. The number of thiazole rings is 1. The minimum absolute atomic E-state index is 0.269.